The van der Waals surface area contributed by atoms with Gasteiger partial charge in [-0.25, -0.2) is 0 Å². The Morgan fingerprint density at radius 3 is 2.62 bits per heavy atom. The highest BCUT2D eigenvalue weighted by molar-refractivity contribution is 7.12. The van der Waals surface area contributed by atoms with Crippen molar-refractivity contribution in [3.8, 4) is 0 Å². The molecule has 1 unspecified atom stereocenters. The largest absolute Gasteiger partial charge is 0.481 e. The first kappa shape index (κ1) is 13.2. The maximum atomic E-state index is 11.0. The topological polar surface area (TPSA) is 63.3 Å². The van der Waals surface area contributed by atoms with E-state index in [1.54, 1.807) is 25.2 Å². The summed E-state index contributed by atoms with van der Waals surface area (Å²) in [6, 6.07) is 3.89. The number of carboxylic acids is 1. The lowest BCUT2D eigenvalue weighted by Gasteiger charge is -2.22. The number of thiophene rings is 1. The number of rotatable bonds is 5. The Bertz CT molecular complexity index is 371. The van der Waals surface area contributed by atoms with E-state index in [0.717, 1.165) is 11.3 Å². The number of aryl methyl sites for hydroxylation is 1. The van der Waals surface area contributed by atoms with Gasteiger partial charge in [-0.05, 0) is 38.8 Å². The van der Waals surface area contributed by atoms with Gasteiger partial charge in [0.1, 0.15) is 0 Å². The van der Waals surface area contributed by atoms with Crippen LogP contribution in [0.3, 0.4) is 0 Å². The normalized spacial score (nSPS) is 13.8. The van der Waals surface area contributed by atoms with Gasteiger partial charge in [-0.3, -0.25) is 4.79 Å². The summed E-state index contributed by atoms with van der Waals surface area (Å²) in [7, 11) is 0. The van der Waals surface area contributed by atoms with Crippen LogP contribution in [-0.4, -0.2) is 11.1 Å². The number of hydrogen-bond acceptors (Lipinski definition) is 3. The molecular weight excluding hydrogens is 222 g/mol. The van der Waals surface area contributed by atoms with Crippen LogP contribution in [0.1, 0.15) is 43.0 Å². The lowest BCUT2D eigenvalue weighted by Crippen LogP contribution is -2.28. The quantitative estimate of drug-likeness (QED) is 0.833. The first-order valence-corrected chi connectivity index (χ1v) is 6.26. The number of carboxylic acid groups (broad SMARTS) is 1. The Kier molecular flexibility index (Phi) is 4.10. The summed E-state index contributed by atoms with van der Waals surface area (Å²) < 4.78 is 0. The molecule has 0 fully saturated rings. The van der Waals surface area contributed by atoms with Crippen LogP contribution in [0.25, 0.3) is 0 Å². The van der Waals surface area contributed by atoms with Crippen LogP contribution >= 0.6 is 11.3 Å². The molecule has 1 atom stereocenters. The van der Waals surface area contributed by atoms with Gasteiger partial charge in [0.2, 0.25) is 0 Å². The first-order valence-electron chi connectivity index (χ1n) is 5.44. The molecule has 3 nitrogen and oxygen atoms in total. The van der Waals surface area contributed by atoms with Crippen molar-refractivity contribution in [2.75, 3.05) is 0 Å². The molecule has 0 aromatic carbocycles. The third-order valence-electron chi connectivity index (χ3n) is 2.71. The zero-order valence-corrected chi connectivity index (χ0v) is 10.8. The molecule has 0 aliphatic rings. The number of nitrogens with two attached hydrogens (primary N) is 1. The molecule has 1 aromatic heterocycles. The van der Waals surface area contributed by atoms with Crippen LogP contribution in [0.2, 0.25) is 0 Å². The van der Waals surface area contributed by atoms with E-state index in [2.05, 4.69) is 13.0 Å². The second-order valence-corrected chi connectivity index (χ2v) is 5.86. The summed E-state index contributed by atoms with van der Waals surface area (Å²) in [5.74, 6) is -0.796. The lowest BCUT2D eigenvalue weighted by molar-refractivity contribution is -0.147. The molecule has 0 amide bonds. The molecule has 0 aliphatic heterocycles. The van der Waals surface area contributed by atoms with Gasteiger partial charge < -0.3 is 10.8 Å². The van der Waals surface area contributed by atoms with Gasteiger partial charge in [0, 0.05) is 15.8 Å². The van der Waals surface area contributed by atoms with E-state index >= 15 is 0 Å². The van der Waals surface area contributed by atoms with Crippen LogP contribution in [0.4, 0.5) is 0 Å². The molecule has 3 N–H and O–H groups in total. The molecule has 1 rings (SSSR count). The number of aliphatic carboxylic acids is 1. The SMILES string of the molecule is CCc1ccc(C(N)CC(C)(C)C(=O)O)s1. The van der Waals surface area contributed by atoms with Crippen molar-refractivity contribution in [1.82, 2.24) is 0 Å². The molecule has 16 heavy (non-hydrogen) atoms. The standard InChI is InChI=1S/C12H19NO2S/c1-4-8-5-6-10(16-8)9(13)7-12(2,3)11(14)15/h5-6,9H,4,7,13H2,1-3H3,(H,14,15). The summed E-state index contributed by atoms with van der Waals surface area (Å²) in [6.07, 6.45) is 1.46. The monoisotopic (exact) mass is 241 g/mol. The highest BCUT2D eigenvalue weighted by Gasteiger charge is 2.30. The van der Waals surface area contributed by atoms with Crippen molar-refractivity contribution in [2.45, 2.75) is 39.7 Å². The van der Waals surface area contributed by atoms with Gasteiger partial charge in [-0.2, -0.15) is 0 Å². The van der Waals surface area contributed by atoms with Crippen molar-refractivity contribution < 1.29 is 9.90 Å². The molecule has 0 spiro atoms. The van der Waals surface area contributed by atoms with E-state index in [1.807, 2.05) is 6.07 Å². The minimum Gasteiger partial charge on any atom is -0.481 e. The molecule has 4 heteroatoms. The molecule has 90 valence electrons. The maximum Gasteiger partial charge on any atom is 0.309 e. The van der Waals surface area contributed by atoms with Crippen molar-refractivity contribution >= 4 is 17.3 Å². The fourth-order valence-corrected chi connectivity index (χ4v) is 2.48. The number of carbonyl (C=O) groups is 1. The van der Waals surface area contributed by atoms with E-state index in [1.165, 1.54) is 4.88 Å². The number of hydrogen-bond donors (Lipinski definition) is 2. The first-order chi connectivity index (χ1) is 7.36. The highest BCUT2D eigenvalue weighted by atomic mass is 32.1. The van der Waals surface area contributed by atoms with E-state index < -0.39 is 11.4 Å². The molecule has 0 aliphatic carbocycles. The highest BCUT2D eigenvalue weighted by Crippen LogP contribution is 2.32. The summed E-state index contributed by atoms with van der Waals surface area (Å²) >= 11 is 1.68. The van der Waals surface area contributed by atoms with Gasteiger partial charge in [0.25, 0.3) is 0 Å². The fraction of sp³-hybridized carbons (Fsp3) is 0.583. The molecular formula is C12H19NO2S. The third-order valence-corrected chi connectivity index (χ3v) is 4.07. The van der Waals surface area contributed by atoms with E-state index in [-0.39, 0.29) is 6.04 Å². The molecule has 0 radical (unpaired) electrons. The molecule has 1 heterocycles. The van der Waals surface area contributed by atoms with Crippen molar-refractivity contribution in [3.05, 3.63) is 21.9 Å². The van der Waals surface area contributed by atoms with E-state index in [4.69, 9.17) is 10.8 Å². The lowest BCUT2D eigenvalue weighted by atomic mass is 9.86. The third kappa shape index (κ3) is 3.06. The van der Waals surface area contributed by atoms with Crippen LogP contribution in [-0.2, 0) is 11.2 Å². The van der Waals surface area contributed by atoms with Gasteiger partial charge in [0.05, 0.1) is 5.41 Å². The van der Waals surface area contributed by atoms with Crippen molar-refractivity contribution in [2.24, 2.45) is 11.1 Å². The molecule has 0 bridgehead atoms. The molecule has 1 aromatic rings. The van der Waals surface area contributed by atoms with Crippen LogP contribution in [0.15, 0.2) is 12.1 Å². The summed E-state index contributed by atoms with van der Waals surface area (Å²) in [6.45, 7) is 5.52. The summed E-state index contributed by atoms with van der Waals surface area (Å²) in [4.78, 5) is 13.4. The zero-order valence-electron chi connectivity index (χ0n) is 9.99. The van der Waals surface area contributed by atoms with Gasteiger partial charge in [0.15, 0.2) is 0 Å². The van der Waals surface area contributed by atoms with Gasteiger partial charge >= 0.3 is 5.97 Å². The second-order valence-electron chi connectivity index (χ2n) is 4.66. The van der Waals surface area contributed by atoms with Gasteiger partial charge in [-0.1, -0.05) is 6.92 Å². The Labute approximate surface area is 100 Å². The van der Waals surface area contributed by atoms with Crippen molar-refractivity contribution in [3.63, 3.8) is 0 Å². The minimum atomic E-state index is -0.796. The Hall–Kier alpha value is -0.870. The Morgan fingerprint density at radius 2 is 2.19 bits per heavy atom. The second kappa shape index (κ2) is 4.97. The van der Waals surface area contributed by atoms with E-state index in [9.17, 15) is 4.79 Å². The summed E-state index contributed by atoms with van der Waals surface area (Å²) in [5, 5.41) is 9.04. The van der Waals surface area contributed by atoms with Crippen LogP contribution in [0, 0.1) is 5.41 Å². The predicted molar refractivity (Wildman–Crippen MR) is 66.7 cm³/mol. The molecule has 0 saturated heterocycles. The minimum absolute atomic E-state index is 0.184. The summed E-state index contributed by atoms with van der Waals surface area (Å²) in [5.41, 5.74) is 5.27. The maximum absolute atomic E-state index is 11.0. The predicted octanol–water partition coefficient (Wildman–Crippen LogP) is 2.81. The van der Waals surface area contributed by atoms with E-state index in [0.29, 0.717) is 6.42 Å². The zero-order chi connectivity index (χ0) is 12.3. The fourth-order valence-electron chi connectivity index (χ4n) is 1.52. The average Bonchev–Trinajstić information content (AvgIpc) is 2.64. The van der Waals surface area contributed by atoms with Crippen LogP contribution in [0.5, 0.6) is 0 Å². The van der Waals surface area contributed by atoms with Gasteiger partial charge in [-0.15, -0.1) is 11.3 Å². The smallest absolute Gasteiger partial charge is 0.309 e. The Balaban J connectivity index is 2.72. The van der Waals surface area contributed by atoms with Crippen LogP contribution < -0.4 is 5.73 Å². The van der Waals surface area contributed by atoms with Crippen molar-refractivity contribution in [1.29, 1.82) is 0 Å². The Morgan fingerprint density at radius 1 is 1.56 bits per heavy atom. The molecule has 0 saturated carbocycles. The average molecular weight is 241 g/mol.